The fourth-order valence-corrected chi connectivity index (χ4v) is 2.90. The summed E-state index contributed by atoms with van der Waals surface area (Å²) in [6.07, 6.45) is 4.53. The minimum Gasteiger partial charge on any atom is -0.300 e. The van der Waals surface area contributed by atoms with Crippen molar-refractivity contribution in [2.75, 3.05) is 13.1 Å². The molecule has 0 aromatic rings. The standard InChI is InChI=1S/C10H17N.2C2H6/c1-7-8-4-9(7)6-11(5-8)10-2-3-10;2*1-2/h7-10H,2-6H2,1H3;2*1-2H3. The molecule has 1 nitrogen and oxygen atoms in total. The van der Waals surface area contributed by atoms with E-state index in [0.717, 1.165) is 23.8 Å². The van der Waals surface area contributed by atoms with Crippen LogP contribution in [-0.2, 0) is 0 Å². The van der Waals surface area contributed by atoms with Crippen molar-refractivity contribution in [1.82, 2.24) is 4.90 Å². The zero-order valence-corrected chi connectivity index (χ0v) is 11.3. The number of nitrogens with zero attached hydrogens (tertiary/aromatic N) is 1. The molecular weight excluding hydrogens is 182 g/mol. The lowest BCUT2D eigenvalue weighted by molar-refractivity contribution is -0.0367. The highest BCUT2D eigenvalue weighted by Crippen LogP contribution is 2.47. The number of piperidine rings is 2. The van der Waals surface area contributed by atoms with E-state index in [2.05, 4.69) is 11.8 Å². The molecule has 0 amide bonds. The maximum absolute atomic E-state index is 2.75. The molecule has 4 fully saturated rings. The van der Waals surface area contributed by atoms with Crippen molar-refractivity contribution in [1.29, 1.82) is 0 Å². The second-order valence-corrected chi connectivity index (χ2v) is 4.80. The third-order valence-corrected chi connectivity index (χ3v) is 4.09. The molecule has 4 rings (SSSR count). The molecule has 4 aliphatic rings. The first kappa shape index (κ1) is 13.0. The predicted octanol–water partition coefficient (Wildman–Crippen LogP) is 3.79. The minimum absolute atomic E-state index is 1.02. The summed E-state index contributed by atoms with van der Waals surface area (Å²) in [5.74, 6) is 3.22. The van der Waals surface area contributed by atoms with Gasteiger partial charge in [0.2, 0.25) is 0 Å². The quantitative estimate of drug-likeness (QED) is 0.638. The summed E-state index contributed by atoms with van der Waals surface area (Å²) in [5.41, 5.74) is 0. The normalized spacial score (nSPS) is 37.8. The smallest absolute Gasteiger partial charge is 0.00966 e. The van der Waals surface area contributed by atoms with Crippen LogP contribution < -0.4 is 0 Å². The summed E-state index contributed by atoms with van der Waals surface area (Å²) in [5, 5.41) is 0. The second-order valence-electron chi connectivity index (χ2n) is 4.80. The second kappa shape index (κ2) is 5.89. The summed E-state index contributed by atoms with van der Waals surface area (Å²) in [7, 11) is 0. The molecule has 90 valence electrons. The Hall–Kier alpha value is -0.0400. The Bertz CT molecular complexity index is 162. The van der Waals surface area contributed by atoms with Gasteiger partial charge in [-0.05, 0) is 37.0 Å². The Balaban J connectivity index is 0.000000255. The zero-order valence-electron chi connectivity index (χ0n) is 11.3. The molecule has 2 atom stereocenters. The molecule has 0 aromatic carbocycles. The summed E-state index contributed by atoms with van der Waals surface area (Å²) in [6.45, 7) is 13.3. The van der Waals surface area contributed by atoms with Gasteiger partial charge < -0.3 is 0 Å². The lowest BCUT2D eigenvalue weighted by atomic mass is 9.62. The van der Waals surface area contributed by atoms with Crippen LogP contribution in [0.2, 0.25) is 0 Å². The summed E-state index contributed by atoms with van der Waals surface area (Å²) in [4.78, 5) is 2.75. The minimum atomic E-state index is 1.02. The van der Waals surface area contributed by atoms with Crippen LogP contribution in [0.5, 0.6) is 0 Å². The van der Waals surface area contributed by atoms with Crippen LogP contribution in [0.3, 0.4) is 0 Å². The van der Waals surface area contributed by atoms with E-state index < -0.39 is 0 Å². The van der Waals surface area contributed by atoms with Crippen LogP contribution in [-0.4, -0.2) is 24.0 Å². The van der Waals surface area contributed by atoms with Crippen LogP contribution >= 0.6 is 0 Å². The van der Waals surface area contributed by atoms with Crippen molar-refractivity contribution in [2.45, 2.75) is 59.9 Å². The van der Waals surface area contributed by atoms with Crippen molar-refractivity contribution >= 4 is 0 Å². The molecule has 0 radical (unpaired) electrons. The van der Waals surface area contributed by atoms with Crippen LogP contribution in [0.1, 0.15) is 53.9 Å². The van der Waals surface area contributed by atoms with E-state index in [1.54, 1.807) is 6.42 Å². The maximum atomic E-state index is 2.75. The third kappa shape index (κ3) is 2.75. The van der Waals surface area contributed by atoms with Gasteiger partial charge in [0.25, 0.3) is 0 Å². The number of hydrogen-bond donors (Lipinski definition) is 0. The first-order chi connectivity index (χ1) is 7.34. The summed E-state index contributed by atoms with van der Waals surface area (Å²) < 4.78 is 0. The van der Waals surface area contributed by atoms with E-state index in [1.807, 2.05) is 27.7 Å². The van der Waals surface area contributed by atoms with Crippen molar-refractivity contribution in [3.8, 4) is 0 Å². The van der Waals surface area contributed by atoms with Gasteiger partial charge in [-0.15, -0.1) is 0 Å². The fourth-order valence-electron chi connectivity index (χ4n) is 2.90. The Morgan fingerprint density at radius 3 is 1.67 bits per heavy atom. The molecule has 2 aliphatic carbocycles. The van der Waals surface area contributed by atoms with E-state index >= 15 is 0 Å². The molecule has 0 N–H and O–H groups in total. The van der Waals surface area contributed by atoms with Crippen LogP contribution in [0.4, 0.5) is 0 Å². The molecule has 0 spiro atoms. The van der Waals surface area contributed by atoms with Gasteiger partial charge in [-0.3, -0.25) is 4.90 Å². The van der Waals surface area contributed by atoms with E-state index in [9.17, 15) is 0 Å². The predicted molar refractivity (Wildman–Crippen MR) is 68.1 cm³/mol. The average molecular weight is 211 g/mol. The summed E-state index contributed by atoms with van der Waals surface area (Å²) >= 11 is 0. The highest BCUT2D eigenvalue weighted by atomic mass is 15.2. The molecule has 2 heterocycles. The third-order valence-electron chi connectivity index (χ3n) is 4.09. The maximum Gasteiger partial charge on any atom is 0.00966 e. The molecule has 1 heteroatoms. The topological polar surface area (TPSA) is 3.24 Å². The Morgan fingerprint density at radius 2 is 1.33 bits per heavy atom. The Kier molecular flexibility index (Phi) is 5.11. The number of rotatable bonds is 1. The van der Waals surface area contributed by atoms with Crippen LogP contribution in [0.15, 0.2) is 0 Å². The SMILES string of the molecule is CC.CC.CC1C2CC1CN(C1CC1)C2. The largest absolute Gasteiger partial charge is 0.300 e. The first-order valence-electron chi connectivity index (χ1n) is 7.08. The van der Waals surface area contributed by atoms with Gasteiger partial charge >= 0.3 is 0 Å². The summed E-state index contributed by atoms with van der Waals surface area (Å²) in [6, 6.07) is 1.02. The molecule has 15 heavy (non-hydrogen) atoms. The van der Waals surface area contributed by atoms with E-state index in [-0.39, 0.29) is 0 Å². The first-order valence-corrected chi connectivity index (χ1v) is 7.08. The Morgan fingerprint density at radius 1 is 0.867 bits per heavy atom. The molecule has 2 unspecified atom stereocenters. The molecule has 2 saturated carbocycles. The molecule has 0 aromatic heterocycles. The average Bonchev–Trinajstić information content (AvgIpc) is 3.18. The molecule has 2 aliphatic heterocycles. The highest BCUT2D eigenvalue weighted by Gasteiger charge is 2.46. The van der Waals surface area contributed by atoms with Gasteiger partial charge in [-0.1, -0.05) is 34.6 Å². The lowest BCUT2D eigenvalue weighted by Crippen LogP contribution is -2.54. The highest BCUT2D eigenvalue weighted by molar-refractivity contribution is 4.99. The van der Waals surface area contributed by atoms with Gasteiger partial charge in [-0.2, -0.15) is 0 Å². The van der Waals surface area contributed by atoms with Crippen molar-refractivity contribution in [3.63, 3.8) is 0 Å². The van der Waals surface area contributed by atoms with Gasteiger partial charge in [0, 0.05) is 19.1 Å². The van der Waals surface area contributed by atoms with E-state index in [4.69, 9.17) is 0 Å². The molecule has 2 bridgehead atoms. The van der Waals surface area contributed by atoms with E-state index in [0.29, 0.717) is 0 Å². The number of hydrogen-bond acceptors (Lipinski definition) is 1. The van der Waals surface area contributed by atoms with Crippen molar-refractivity contribution in [2.24, 2.45) is 17.8 Å². The van der Waals surface area contributed by atoms with Gasteiger partial charge in [-0.25, -0.2) is 0 Å². The van der Waals surface area contributed by atoms with E-state index in [1.165, 1.54) is 25.9 Å². The monoisotopic (exact) mass is 211 g/mol. The zero-order chi connectivity index (χ0) is 11.4. The fraction of sp³-hybridized carbons (Fsp3) is 1.00. The molecule has 2 saturated heterocycles. The lowest BCUT2D eigenvalue weighted by Gasteiger charge is -2.52. The van der Waals surface area contributed by atoms with Gasteiger partial charge in [0.05, 0.1) is 0 Å². The van der Waals surface area contributed by atoms with Crippen molar-refractivity contribution in [3.05, 3.63) is 0 Å². The number of fused-ring (bicyclic) bond motifs is 2. The van der Waals surface area contributed by atoms with Gasteiger partial charge in [0.1, 0.15) is 0 Å². The van der Waals surface area contributed by atoms with Crippen LogP contribution in [0, 0.1) is 17.8 Å². The van der Waals surface area contributed by atoms with Crippen molar-refractivity contribution < 1.29 is 0 Å². The van der Waals surface area contributed by atoms with Crippen LogP contribution in [0.25, 0.3) is 0 Å². The van der Waals surface area contributed by atoms with Gasteiger partial charge in [0.15, 0.2) is 0 Å². The molecular formula is C14H29N. The Labute approximate surface area is 96.2 Å².